The Morgan fingerprint density at radius 3 is 3.09 bits per heavy atom. The molecule has 1 heterocycles. The second kappa shape index (κ2) is 8.52. The van der Waals surface area contributed by atoms with Gasteiger partial charge in [-0.15, -0.1) is 0 Å². The molecule has 1 atom stereocenters. The molecule has 0 aliphatic carbocycles. The highest BCUT2D eigenvalue weighted by atomic mass is 16.5. The number of hydrogen-bond acceptors (Lipinski definition) is 4. The van der Waals surface area contributed by atoms with Crippen LogP contribution in [-0.2, 0) is 4.74 Å². The second-order valence-corrected chi connectivity index (χ2v) is 5.67. The van der Waals surface area contributed by atoms with Crippen molar-refractivity contribution in [3.8, 4) is 6.07 Å². The van der Waals surface area contributed by atoms with E-state index in [-0.39, 0.29) is 5.91 Å². The number of benzene rings is 1. The van der Waals surface area contributed by atoms with Crippen LogP contribution in [0.25, 0.3) is 0 Å². The maximum atomic E-state index is 12.2. The molecule has 0 spiro atoms. The third kappa shape index (κ3) is 4.55. The molecule has 118 valence electrons. The van der Waals surface area contributed by atoms with Crippen LogP contribution in [0.4, 0.5) is 0 Å². The lowest BCUT2D eigenvalue weighted by atomic mass is 10.1. The van der Waals surface area contributed by atoms with Gasteiger partial charge >= 0.3 is 0 Å². The van der Waals surface area contributed by atoms with E-state index >= 15 is 0 Å². The van der Waals surface area contributed by atoms with Gasteiger partial charge < -0.3 is 15.0 Å². The van der Waals surface area contributed by atoms with Crippen molar-refractivity contribution in [2.45, 2.75) is 12.8 Å². The average molecular weight is 301 g/mol. The molecular weight excluding hydrogens is 278 g/mol. The number of carbonyl (C=O) groups is 1. The minimum atomic E-state index is -0.157. The summed E-state index contributed by atoms with van der Waals surface area (Å²) < 4.78 is 5.07. The lowest BCUT2D eigenvalue weighted by Crippen LogP contribution is -2.31. The molecule has 5 nitrogen and oxygen atoms in total. The number of rotatable bonds is 7. The molecule has 1 aliphatic heterocycles. The Morgan fingerprint density at radius 1 is 1.50 bits per heavy atom. The second-order valence-electron chi connectivity index (χ2n) is 5.67. The van der Waals surface area contributed by atoms with Gasteiger partial charge in [0.1, 0.15) is 0 Å². The van der Waals surface area contributed by atoms with Gasteiger partial charge in [0, 0.05) is 33.4 Å². The number of ether oxygens (including phenoxy) is 1. The zero-order valence-corrected chi connectivity index (χ0v) is 13.0. The molecule has 0 bridgehead atoms. The fraction of sp³-hybridized carbons (Fsp3) is 0.529. The van der Waals surface area contributed by atoms with Crippen molar-refractivity contribution >= 4 is 5.91 Å². The van der Waals surface area contributed by atoms with Crippen molar-refractivity contribution < 1.29 is 9.53 Å². The highest BCUT2D eigenvalue weighted by Crippen LogP contribution is 2.16. The van der Waals surface area contributed by atoms with Crippen LogP contribution in [0.1, 0.15) is 28.8 Å². The quantitative estimate of drug-likeness (QED) is 0.778. The first-order valence-corrected chi connectivity index (χ1v) is 7.73. The fourth-order valence-electron chi connectivity index (χ4n) is 2.83. The van der Waals surface area contributed by atoms with Gasteiger partial charge in [-0.25, -0.2) is 0 Å². The van der Waals surface area contributed by atoms with Crippen LogP contribution >= 0.6 is 0 Å². The Balaban J connectivity index is 1.77. The predicted octanol–water partition coefficient (Wildman–Crippen LogP) is 1.65. The molecule has 1 N–H and O–H groups in total. The SMILES string of the molecule is COCCCN1CC[C@@H](CNC(=O)c2ccccc2C#N)C1. The molecule has 0 radical (unpaired) electrons. The molecule has 1 fully saturated rings. The number of nitrogens with one attached hydrogen (secondary N) is 1. The molecule has 1 saturated heterocycles. The fourth-order valence-corrected chi connectivity index (χ4v) is 2.83. The topological polar surface area (TPSA) is 65.4 Å². The Kier molecular flexibility index (Phi) is 6.38. The first kappa shape index (κ1) is 16.5. The van der Waals surface area contributed by atoms with Crippen LogP contribution in [0.5, 0.6) is 0 Å². The van der Waals surface area contributed by atoms with Crippen molar-refractivity contribution in [1.29, 1.82) is 5.26 Å². The highest BCUT2D eigenvalue weighted by Gasteiger charge is 2.22. The lowest BCUT2D eigenvalue weighted by Gasteiger charge is -2.16. The standard InChI is InChI=1S/C17H23N3O2/c1-22-10-4-8-20-9-7-14(13-20)12-19-17(21)16-6-3-2-5-15(16)11-18/h2-3,5-6,14H,4,7-10,12-13H2,1H3,(H,19,21)/t14-/m0/s1. The van der Waals surface area contributed by atoms with Crippen molar-refractivity contribution in [3.05, 3.63) is 35.4 Å². The van der Waals surface area contributed by atoms with Crippen molar-refractivity contribution in [2.24, 2.45) is 5.92 Å². The zero-order valence-electron chi connectivity index (χ0n) is 13.0. The van der Waals surface area contributed by atoms with Gasteiger partial charge in [0.25, 0.3) is 5.91 Å². The average Bonchev–Trinajstić information content (AvgIpc) is 3.00. The summed E-state index contributed by atoms with van der Waals surface area (Å²) in [5.41, 5.74) is 0.882. The molecule has 1 aromatic carbocycles. The number of nitrogens with zero attached hydrogens (tertiary/aromatic N) is 2. The van der Waals surface area contributed by atoms with Gasteiger partial charge in [-0.1, -0.05) is 12.1 Å². The summed E-state index contributed by atoms with van der Waals surface area (Å²) in [6.45, 7) is 4.61. The Labute approximate surface area is 131 Å². The number of hydrogen-bond donors (Lipinski definition) is 1. The zero-order chi connectivity index (χ0) is 15.8. The van der Waals surface area contributed by atoms with E-state index in [0.29, 0.717) is 23.6 Å². The van der Waals surface area contributed by atoms with Crippen LogP contribution in [-0.4, -0.2) is 50.7 Å². The number of amides is 1. The minimum absolute atomic E-state index is 0.157. The summed E-state index contributed by atoms with van der Waals surface area (Å²) in [7, 11) is 1.72. The molecule has 0 aromatic heterocycles. The molecule has 0 saturated carbocycles. The van der Waals surface area contributed by atoms with Gasteiger partial charge in [0.15, 0.2) is 0 Å². The summed E-state index contributed by atoms with van der Waals surface area (Å²) in [5, 5.41) is 12.0. The first-order chi connectivity index (χ1) is 10.7. The lowest BCUT2D eigenvalue weighted by molar-refractivity contribution is 0.0947. The van der Waals surface area contributed by atoms with Crippen LogP contribution in [0.15, 0.2) is 24.3 Å². The smallest absolute Gasteiger partial charge is 0.252 e. The summed E-state index contributed by atoms with van der Waals surface area (Å²) in [4.78, 5) is 14.6. The van der Waals surface area contributed by atoms with E-state index in [2.05, 4.69) is 16.3 Å². The number of carbonyl (C=O) groups excluding carboxylic acids is 1. The molecule has 22 heavy (non-hydrogen) atoms. The van der Waals surface area contributed by atoms with Crippen LogP contribution in [0, 0.1) is 17.2 Å². The van der Waals surface area contributed by atoms with E-state index in [0.717, 1.165) is 39.1 Å². The third-order valence-corrected chi connectivity index (χ3v) is 4.04. The predicted molar refractivity (Wildman–Crippen MR) is 84.5 cm³/mol. The largest absolute Gasteiger partial charge is 0.385 e. The molecule has 1 aromatic rings. The van der Waals surface area contributed by atoms with E-state index in [9.17, 15) is 4.79 Å². The van der Waals surface area contributed by atoms with Gasteiger partial charge in [0.2, 0.25) is 0 Å². The van der Waals surface area contributed by atoms with Gasteiger partial charge in [0.05, 0.1) is 17.2 Å². The van der Waals surface area contributed by atoms with Crippen LogP contribution < -0.4 is 5.32 Å². The maximum absolute atomic E-state index is 12.2. The summed E-state index contributed by atoms with van der Waals surface area (Å²) >= 11 is 0. The van der Waals surface area contributed by atoms with Gasteiger partial charge in [-0.3, -0.25) is 4.79 Å². The van der Waals surface area contributed by atoms with E-state index < -0.39 is 0 Å². The Morgan fingerprint density at radius 2 is 2.32 bits per heavy atom. The third-order valence-electron chi connectivity index (χ3n) is 4.04. The van der Waals surface area contributed by atoms with Gasteiger partial charge in [-0.2, -0.15) is 5.26 Å². The normalized spacial score (nSPS) is 18.1. The molecule has 1 amide bonds. The number of likely N-dealkylation sites (tertiary alicyclic amines) is 1. The van der Waals surface area contributed by atoms with Crippen molar-refractivity contribution in [1.82, 2.24) is 10.2 Å². The molecule has 2 rings (SSSR count). The highest BCUT2D eigenvalue weighted by molar-refractivity contribution is 5.96. The Bertz CT molecular complexity index is 539. The van der Waals surface area contributed by atoms with Crippen LogP contribution in [0.2, 0.25) is 0 Å². The monoisotopic (exact) mass is 301 g/mol. The molecule has 0 unspecified atom stereocenters. The van der Waals surface area contributed by atoms with E-state index in [1.165, 1.54) is 0 Å². The summed E-state index contributed by atoms with van der Waals surface area (Å²) in [6, 6.07) is 8.97. The van der Waals surface area contributed by atoms with E-state index in [4.69, 9.17) is 10.00 Å². The van der Waals surface area contributed by atoms with E-state index in [1.807, 2.05) is 0 Å². The van der Waals surface area contributed by atoms with Crippen LogP contribution in [0.3, 0.4) is 0 Å². The Hall–Kier alpha value is -1.90. The molecular formula is C17H23N3O2. The first-order valence-electron chi connectivity index (χ1n) is 7.73. The van der Waals surface area contributed by atoms with Gasteiger partial charge in [-0.05, 0) is 37.4 Å². The molecule has 1 aliphatic rings. The van der Waals surface area contributed by atoms with E-state index in [1.54, 1.807) is 31.4 Å². The summed E-state index contributed by atoms with van der Waals surface area (Å²) in [5.74, 6) is 0.329. The number of nitriles is 1. The maximum Gasteiger partial charge on any atom is 0.252 e. The molecule has 5 heteroatoms. The number of methoxy groups -OCH3 is 1. The summed E-state index contributed by atoms with van der Waals surface area (Å²) in [6.07, 6.45) is 2.15. The van der Waals surface area contributed by atoms with Crippen molar-refractivity contribution in [3.63, 3.8) is 0 Å². The minimum Gasteiger partial charge on any atom is -0.385 e. The van der Waals surface area contributed by atoms with Crippen molar-refractivity contribution in [2.75, 3.05) is 39.9 Å².